The third-order valence-corrected chi connectivity index (χ3v) is 4.68. The molecule has 0 spiro atoms. The number of hydrogen-bond donors (Lipinski definition) is 1. The van der Waals surface area contributed by atoms with Gasteiger partial charge in [-0.15, -0.1) is 0 Å². The molecule has 4 rings (SSSR count). The maximum absolute atomic E-state index is 12.9. The monoisotopic (exact) mass is 400 g/mol. The normalized spacial score (nSPS) is 10.7. The molecule has 0 aliphatic carbocycles. The summed E-state index contributed by atoms with van der Waals surface area (Å²) >= 11 is 0. The zero-order chi connectivity index (χ0) is 21.1. The van der Waals surface area contributed by atoms with Gasteiger partial charge in [0.1, 0.15) is 12.1 Å². The number of nitrogens with zero attached hydrogens (tertiary/aromatic N) is 3. The summed E-state index contributed by atoms with van der Waals surface area (Å²) in [5.41, 5.74) is 3.42. The molecule has 2 aromatic carbocycles. The predicted molar refractivity (Wildman–Crippen MR) is 114 cm³/mol. The van der Waals surface area contributed by atoms with Crippen LogP contribution in [-0.2, 0) is 11.3 Å². The summed E-state index contributed by atoms with van der Waals surface area (Å²) in [6.07, 6.45) is 1.56. The predicted octanol–water partition coefficient (Wildman–Crippen LogP) is 3.82. The van der Waals surface area contributed by atoms with Gasteiger partial charge in [0.2, 0.25) is 11.7 Å². The van der Waals surface area contributed by atoms with Gasteiger partial charge in [-0.25, -0.2) is 0 Å². The molecular weight excluding hydrogens is 380 g/mol. The Morgan fingerprint density at radius 1 is 1.03 bits per heavy atom. The first kappa shape index (κ1) is 19.3. The lowest BCUT2D eigenvalue weighted by Crippen LogP contribution is -2.28. The lowest BCUT2D eigenvalue weighted by atomic mass is 10.1. The summed E-state index contributed by atoms with van der Waals surface area (Å²) in [5, 5.41) is 6.81. The van der Waals surface area contributed by atoms with Crippen molar-refractivity contribution in [1.29, 1.82) is 0 Å². The van der Waals surface area contributed by atoms with Gasteiger partial charge in [0.15, 0.2) is 0 Å². The van der Waals surface area contributed by atoms with Gasteiger partial charge in [0, 0.05) is 17.4 Å². The largest absolute Gasteiger partial charge is 0.333 e. The molecule has 150 valence electrons. The fourth-order valence-electron chi connectivity index (χ4n) is 3.17. The van der Waals surface area contributed by atoms with E-state index in [-0.39, 0.29) is 29.5 Å². The number of amides is 1. The highest BCUT2D eigenvalue weighted by Gasteiger charge is 2.16. The molecule has 1 N–H and O–H groups in total. The molecule has 0 saturated carbocycles. The summed E-state index contributed by atoms with van der Waals surface area (Å²) in [5.74, 6) is 0.229. The number of benzene rings is 2. The van der Waals surface area contributed by atoms with E-state index < -0.39 is 0 Å². The van der Waals surface area contributed by atoms with E-state index in [2.05, 4.69) is 15.5 Å². The molecule has 0 fully saturated rings. The highest BCUT2D eigenvalue weighted by atomic mass is 16.5. The fourth-order valence-corrected chi connectivity index (χ4v) is 3.17. The quantitative estimate of drug-likeness (QED) is 0.550. The van der Waals surface area contributed by atoms with Crippen LogP contribution in [0.4, 0.5) is 5.69 Å². The SMILES string of the molecule is Cc1cccc(NC(=O)Cn2cccc(-c3nc(-c4ccccc4C)no3)c2=O)c1. The number of carbonyl (C=O) groups excluding carboxylic acids is 1. The van der Waals surface area contributed by atoms with Crippen LogP contribution in [0.2, 0.25) is 0 Å². The Morgan fingerprint density at radius 3 is 2.63 bits per heavy atom. The van der Waals surface area contributed by atoms with Crippen LogP contribution in [0.15, 0.2) is 76.2 Å². The Balaban J connectivity index is 1.57. The van der Waals surface area contributed by atoms with E-state index in [1.807, 2.05) is 56.3 Å². The Morgan fingerprint density at radius 2 is 1.83 bits per heavy atom. The number of anilines is 1. The molecule has 2 heterocycles. The molecule has 2 aromatic heterocycles. The van der Waals surface area contributed by atoms with Crippen molar-refractivity contribution >= 4 is 11.6 Å². The van der Waals surface area contributed by atoms with E-state index in [1.165, 1.54) is 4.57 Å². The molecule has 1 amide bonds. The van der Waals surface area contributed by atoms with Crippen molar-refractivity contribution in [3.63, 3.8) is 0 Å². The van der Waals surface area contributed by atoms with Gasteiger partial charge in [0.05, 0.1) is 0 Å². The van der Waals surface area contributed by atoms with Gasteiger partial charge in [-0.2, -0.15) is 4.98 Å². The van der Waals surface area contributed by atoms with Crippen molar-refractivity contribution in [1.82, 2.24) is 14.7 Å². The van der Waals surface area contributed by atoms with Gasteiger partial charge in [-0.1, -0.05) is 41.6 Å². The van der Waals surface area contributed by atoms with Crippen LogP contribution in [0.3, 0.4) is 0 Å². The average Bonchev–Trinajstić information content (AvgIpc) is 3.19. The number of nitrogens with one attached hydrogen (secondary N) is 1. The molecule has 0 aliphatic rings. The standard InChI is InChI=1S/C23H20N4O3/c1-15-7-5-9-17(13-15)24-20(28)14-27-12-6-11-19(23(27)29)22-25-21(26-30-22)18-10-4-3-8-16(18)2/h3-13H,14H2,1-2H3,(H,24,28). The summed E-state index contributed by atoms with van der Waals surface area (Å²) in [6, 6.07) is 18.4. The van der Waals surface area contributed by atoms with Crippen LogP contribution in [0.25, 0.3) is 22.8 Å². The highest BCUT2D eigenvalue weighted by Crippen LogP contribution is 2.22. The molecule has 7 heteroatoms. The van der Waals surface area contributed by atoms with Crippen molar-refractivity contribution in [2.75, 3.05) is 5.32 Å². The minimum Gasteiger partial charge on any atom is -0.333 e. The molecule has 30 heavy (non-hydrogen) atoms. The van der Waals surface area contributed by atoms with Crippen molar-refractivity contribution < 1.29 is 9.32 Å². The first-order valence-corrected chi connectivity index (χ1v) is 9.47. The molecule has 0 aliphatic heterocycles. The second-order valence-corrected chi connectivity index (χ2v) is 7.01. The maximum Gasteiger partial charge on any atom is 0.263 e. The number of aryl methyl sites for hydroxylation is 2. The molecule has 7 nitrogen and oxygen atoms in total. The second-order valence-electron chi connectivity index (χ2n) is 7.01. The van der Waals surface area contributed by atoms with E-state index >= 15 is 0 Å². The summed E-state index contributed by atoms with van der Waals surface area (Å²) in [6.45, 7) is 3.77. The lowest BCUT2D eigenvalue weighted by molar-refractivity contribution is -0.116. The van der Waals surface area contributed by atoms with Crippen LogP contribution in [-0.4, -0.2) is 20.6 Å². The molecule has 0 radical (unpaired) electrons. The van der Waals surface area contributed by atoms with E-state index in [0.29, 0.717) is 11.5 Å². The Labute approximate surface area is 173 Å². The number of hydrogen-bond acceptors (Lipinski definition) is 5. The Kier molecular flexibility index (Phi) is 5.26. The van der Waals surface area contributed by atoms with Crippen molar-refractivity contribution in [3.8, 4) is 22.8 Å². The highest BCUT2D eigenvalue weighted by molar-refractivity contribution is 5.90. The summed E-state index contributed by atoms with van der Waals surface area (Å²) in [4.78, 5) is 29.7. The van der Waals surface area contributed by atoms with E-state index in [9.17, 15) is 9.59 Å². The van der Waals surface area contributed by atoms with Gasteiger partial charge in [-0.05, 0) is 49.2 Å². The van der Waals surface area contributed by atoms with Crippen molar-refractivity contribution in [2.24, 2.45) is 0 Å². The number of aromatic nitrogens is 3. The number of carbonyl (C=O) groups is 1. The van der Waals surface area contributed by atoms with Gasteiger partial charge in [0.25, 0.3) is 11.4 Å². The second kappa shape index (κ2) is 8.16. The smallest absolute Gasteiger partial charge is 0.263 e. The van der Waals surface area contributed by atoms with Crippen LogP contribution < -0.4 is 10.9 Å². The van der Waals surface area contributed by atoms with Gasteiger partial charge >= 0.3 is 0 Å². The van der Waals surface area contributed by atoms with Crippen LogP contribution in [0.5, 0.6) is 0 Å². The third kappa shape index (κ3) is 4.05. The van der Waals surface area contributed by atoms with Crippen LogP contribution in [0, 0.1) is 13.8 Å². The van der Waals surface area contributed by atoms with Crippen molar-refractivity contribution in [2.45, 2.75) is 20.4 Å². The van der Waals surface area contributed by atoms with Crippen LogP contribution >= 0.6 is 0 Å². The average molecular weight is 400 g/mol. The first-order chi connectivity index (χ1) is 14.5. The van der Waals surface area contributed by atoms with Gasteiger partial charge < -0.3 is 14.4 Å². The summed E-state index contributed by atoms with van der Waals surface area (Å²) in [7, 11) is 0. The minimum absolute atomic E-state index is 0.117. The fraction of sp³-hybridized carbons (Fsp3) is 0.130. The first-order valence-electron chi connectivity index (χ1n) is 9.47. The maximum atomic E-state index is 12.9. The molecule has 4 aromatic rings. The summed E-state index contributed by atoms with van der Waals surface area (Å²) < 4.78 is 6.65. The molecule has 0 saturated heterocycles. The minimum atomic E-state index is -0.378. The lowest BCUT2D eigenvalue weighted by Gasteiger charge is -2.08. The Hall–Kier alpha value is -4.00. The zero-order valence-electron chi connectivity index (χ0n) is 16.6. The molecule has 0 unspecified atom stereocenters. The zero-order valence-corrected chi connectivity index (χ0v) is 16.6. The van der Waals surface area contributed by atoms with E-state index in [1.54, 1.807) is 24.4 Å². The van der Waals surface area contributed by atoms with Crippen molar-refractivity contribution in [3.05, 3.63) is 88.3 Å². The van der Waals surface area contributed by atoms with Crippen LogP contribution in [0.1, 0.15) is 11.1 Å². The number of rotatable bonds is 5. The van der Waals surface area contributed by atoms with Gasteiger partial charge in [-0.3, -0.25) is 9.59 Å². The molecule has 0 atom stereocenters. The number of pyridine rings is 1. The topological polar surface area (TPSA) is 90.0 Å². The Bertz CT molecular complexity index is 1270. The van der Waals surface area contributed by atoms with E-state index in [0.717, 1.165) is 16.7 Å². The third-order valence-electron chi connectivity index (χ3n) is 4.68. The van der Waals surface area contributed by atoms with E-state index in [4.69, 9.17) is 4.52 Å². The molecule has 0 bridgehead atoms. The molecular formula is C23H20N4O3.